The Morgan fingerprint density at radius 1 is 1.23 bits per heavy atom. The Hall–Kier alpha value is -2.78. The van der Waals surface area contributed by atoms with Gasteiger partial charge in [-0.3, -0.25) is 4.68 Å². The highest BCUT2D eigenvalue weighted by atomic mass is 19.4. The summed E-state index contributed by atoms with van der Waals surface area (Å²) in [5.74, 6) is 0.523. The van der Waals surface area contributed by atoms with Gasteiger partial charge in [0.2, 0.25) is 0 Å². The van der Waals surface area contributed by atoms with Gasteiger partial charge in [-0.1, -0.05) is 0 Å². The van der Waals surface area contributed by atoms with Crippen LogP contribution in [0.25, 0.3) is 0 Å². The van der Waals surface area contributed by atoms with Gasteiger partial charge in [0.1, 0.15) is 5.82 Å². The lowest BCUT2D eigenvalue weighted by Gasteiger charge is -2.33. The van der Waals surface area contributed by atoms with E-state index < -0.39 is 11.7 Å². The fraction of sp³-hybridized carbons (Fsp3) is 0.550. The molecule has 0 aromatic carbocycles. The second-order valence-electron chi connectivity index (χ2n) is 7.57. The number of anilines is 1. The van der Waals surface area contributed by atoms with Crippen molar-refractivity contribution in [3.8, 4) is 0 Å². The Labute approximate surface area is 173 Å². The van der Waals surface area contributed by atoms with E-state index in [0.717, 1.165) is 36.6 Å². The van der Waals surface area contributed by atoms with E-state index in [2.05, 4.69) is 20.7 Å². The van der Waals surface area contributed by atoms with E-state index in [1.807, 2.05) is 29.5 Å². The summed E-state index contributed by atoms with van der Waals surface area (Å²) in [6.07, 6.45) is -1.32. The molecule has 0 atom stereocenters. The van der Waals surface area contributed by atoms with Crippen molar-refractivity contribution >= 4 is 11.8 Å². The first kappa shape index (κ1) is 21.9. The monoisotopic (exact) mass is 424 g/mol. The van der Waals surface area contributed by atoms with Crippen molar-refractivity contribution in [2.24, 2.45) is 0 Å². The predicted molar refractivity (Wildman–Crippen MR) is 107 cm³/mol. The van der Waals surface area contributed by atoms with E-state index in [1.54, 1.807) is 0 Å². The molecule has 7 nitrogen and oxygen atoms in total. The minimum atomic E-state index is -4.38. The molecule has 2 amide bonds. The van der Waals surface area contributed by atoms with Gasteiger partial charge in [-0.15, -0.1) is 0 Å². The molecule has 0 bridgehead atoms. The van der Waals surface area contributed by atoms with Gasteiger partial charge in [0.15, 0.2) is 0 Å². The van der Waals surface area contributed by atoms with Crippen LogP contribution < -0.4 is 15.5 Å². The molecule has 1 aliphatic rings. The topological polar surface area (TPSA) is 75.1 Å². The molecular formula is C20H27F3N6O. The molecule has 0 spiro atoms. The molecule has 0 saturated carbocycles. The fourth-order valence-electron chi connectivity index (χ4n) is 3.56. The Kier molecular flexibility index (Phi) is 6.84. The number of nitrogens with one attached hydrogen (secondary N) is 2. The smallest absolute Gasteiger partial charge is 0.356 e. The molecule has 1 aliphatic heterocycles. The Balaban J connectivity index is 1.36. The molecule has 0 aliphatic carbocycles. The SMILES string of the molecule is Cc1cc(C)n(CCCNC(=O)NC2CCN(c3ccc(C(F)(F)F)cn3)CC2)n1. The highest BCUT2D eigenvalue weighted by Crippen LogP contribution is 2.29. The average molecular weight is 424 g/mol. The molecule has 0 unspecified atom stereocenters. The van der Waals surface area contributed by atoms with Crippen LogP contribution in [0.3, 0.4) is 0 Å². The molecule has 2 aromatic heterocycles. The van der Waals surface area contributed by atoms with Gasteiger partial charge in [-0.2, -0.15) is 18.3 Å². The summed E-state index contributed by atoms with van der Waals surface area (Å²) >= 11 is 0. The lowest BCUT2D eigenvalue weighted by molar-refractivity contribution is -0.137. The fourth-order valence-corrected chi connectivity index (χ4v) is 3.56. The molecule has 10 heteroatoms. The minimum Gasteiger partial charge on any atom is -0.356 e. The average Bonchev–Trinajstić information content (AvgIpc) is 3.02. The molecule has 0 radical (unpaired) electrons. The molecule has 1 fully saturated rings. The van der Waals surface area contributed by atoms with E-state index in [1.165, 1.54) is 6.07 Å². The number of carbonyl (C=O) groups is 1. The van der Waals surface area contributed by atoms with Gasteiger partial charge in [-0.25, -0.2) is 9.78 Å². The van der Waals surface area contributed by atoms with Crippen LogP contribution in [-0.4, -0.2) is 46.5 Å². The Morgan fingerprint density at radius 3 is 2.53 bits per heavy atom. The summed E-state index contributed by atoms with van der Waals surface area (Å²) in [5.41, 5.74) is 1.33. The van der Waals surface area contributed by atoms with Crippen LogP contribution in [0.15, 0.2) is 24.4 Å². The highest BCUT2D eigenvalue weighted by Gasteiger charge is 2.31. The second-order valence-corrected chi connectivity index (χ2v) is 7.57. The third-order valence-electron chi connectivity index (χ3n) is 5.16. The summed E-state index contributed by atoms with van der Waals surface area (Å²) in [6, 6.07) is 4.30. The number of alkyl halides is 3. The van der Waals surface area contributed by atoms with Crippen LogP contribution in [-0.2, 0) is 12.7 Å². The van der Waals surface area contributed by atoms with E-state index in [4.69, 9.17) is 0 Å². The number of aryl methyl sites for hydroxylation is 3. The van der Waals surface area contributed by atoms with Crippen molar-refractivity contribution in [3.63, 3.8) is 0 Å². The van der Waals surface area contributed by atoms with Crippen molar-refractivity contribution in [2.45, 2.75) is 51.9 Å². The minimum absolute atomic E-state index is 0.0340. The zero-order valence-corrected chi connectivity index (χ0v) is 17.2. The van der Waals surface area contributed by atoms with Crippen LogP contribution in [0.1, 0.15) is 36.2 Å². The number of hydrogen-bond acceptors (Lipinski definition) is 4. The summed E-state index contributed by atoms with van der Waals surface area (Å²) in [4.78, 5) is 18.0. The van der Waals surface area contributed by atoms with Crippen molar-refractivity contribution in [2.75, 3.05) is 24.5 Å². The summed E-state index contributed by atoms with van der Waals surface area (Å²) in [6.45, 7) is 6.51. The van der Waals surface area contributed by atoms with Crippen LogP contribution in [0.4, 0.5) is 23.8 Å². The number of pyridine rings is 1. The van der Waals surface area contributed by atoms with Gasteiger partial charge in [-0.05, 0) is 51.3 Å². The maximum Gasteiger partial charge on any atom is 0.417 e. The van der Waals surface area contributed by atoms with Crippen molar-refractivity contribution in [1.82, 2.24) is 25.4 Å². The summed E-state index contributed by atoms with van der Waals surface area (Å²) < 4.78 is 39.9. The highest BCUT2D eigenvalue weighted by molar-refractivity contribution is 5.74. The standard InChI is InChI=1S/C20H27F3N6O/c1-14-12-15(2)29(27-14)9-3-8-24-19(30)26-17-6-10-28(11-7-17)18-5-4-16(13-25-18)20(21,22)23/h4-5,12-13,17H,3,6-11H2,1-2H3,(H2,24,26,30). The quantitative estimate of drug-likeness (QED) is 0.698. The first-order valence-electron chi connectivity index (χ1n) is 10.1. The van der Waals surface area contributed by atoms with Crippen LogP contribution in [0, 0.1) is 13.8 Å². The number of hydrogen-bond donors (Lipinski definition) is 2. The number of nitrogens with zero attached hydrogens (tertiary/aromatic N) is 4. The van der Waals surface area contributed by atoms with Crippen LogP contribution >= 0.6 is 0 Å². The maximum atomic E-state index is 12.6. The zero-order chi connectivity index (χ0) is 21.7. The zero-order valence-electron chi connectivity index (χ0n) is 17.2. The van der Waals surface area contributed by atoms with Crippen LogP contribution in [0.2, 0.25) is 0 Å². The van der Waals surface area contributed by atoms with E-state index in [0.29, 0.717) is 38.3 Å². The van der Waals surface area contributed by atoms with Gasteiger partial charge >= 0.3 is 12.2 Å². The number of urea groups is 1. The van der Waals surface area contributed by atoms with Crippen molar-refractivity contribution < 1.29 is 18.0 Å². The molecule has 2 N–H and O–H groups in total. The van der Waals surface area contributed by atoms with Gasteiger partial charge < -0.3 is 15.5 Å². The summed E-state index contributed by atoms with van der Waals surface area (Å²) in [5, 5.41) is 10.2. The van der Waals surface area contributed by atoms with Crippen LogP contribution in [0.5, 0.6) is 0 Å². The van der Waals surface area contributed by atoms with Gasteiger partial charge in [0.05, 0.1) is 11.3 Å². The molecule has 3 heterocycles. The normalized spacial score (nSPS) is 15.3. The Morgan fingerprint density at radius 2 is 1.97 bits per heavy atom. The number of carbonyl (C=O) groups excluding carboxylic acids is 1. The van der Waals surface area contributed by atoms with Gasteiger partial charge in [0, 0.05) is 44.1 Å². The van der Waals surface area contributed by atoms with Crippen molar-refractivity contribution in [3.05, 3.63) is 41.3 Å². The molecule has 1 saturated heterocycles. The van der Waals surface area contributed by atoms with Crippen molar-refractivity contribution in [1.29, 1.82) is 0 Å². The molecule has 30 heavy (non-hydrogen) atoms. The predicted octanol–water partition coefficient (Wildman–Crippen LogP) is 3.27. The third kappa shape index (κ3) is 5.87. The van der Waals surface area contributed by atoms with E-state index in [9.17, 15) is 18.0 Å². The molecule has 164 valence electrons. The molecule has 2 aromatic rings. The first-order valence-corrected chi connectivity index (χ1v) is 10.1. The number of amides is 2. The lowest BCUT2D eigenvalue weighted by Crippen LogP contribution is -2.48. The number of aromatic nitrogens is 3. The number of rotatable bonds is 6. The largest absolute Gasteiger partial charge is 0.417 e. The molecular weight excluding hydrogens is 397 g/mol. The van der Waals surface area contributed by atoms with Gasteiger partial charge in [0.25, 0.3) is 0 Å². The molecule has 3 rings (SSSR count). The second kappa shape index (κ2) is 9.36. The maximum absolute atomic E-state index is 12.6. The number of halogens is 3. The Bertz CT molecular complexity index is 841. The van der Waals surface area contributed by atoms with E-state index >= 15 is 0 Å². The summed E-state index contributed by atoms with van der Waals surface area (Å²) in [7, 11) is 0. The number of piperidine rings is 1. The third-order valence-corrected chi connectivity index (χ3v) is 5.16. The van der Waals surface area contributed by atoms with E-state index in [-0.39, 0.29) is 12.1 Å². The lowest BCUT2D eigenvalue weighted by atomic mass is 10.1. The first-order chi connectivity index (χ1) is 14.2.